The van der Waals surface area contributed by atoms with Gasteiger partial charge in [0, 0.05) is 19.5 Å². The molecule has 5 heteroatoms. The van der Waals surface area contributed by atoms with E-state index in [1.165, 1.54) is 0 Å². The van der Waals surface area contributed by atoms with Crippen molar-refractivity contribution in [2.45, 2.75) is 32.1 Å². The molecular weight excluding hydrogens is 254 g/mol. The van der Waals surface area contributed by atoms with Gasteiger partial charge in [0.15, 0.2) is 0 Å². The van der Waals surface area contributed by atoms with Crippen LogP contribution < -0.4 is 10.6 Å². The van der Waals surface area contributed by atoms with Gasteiger partial charge in [0.1, 0.15) is 0 Å². The summed E-state index contributed by atoms with van der Waals surface area (Å²) >= 11 is 0. The Balaban J connectivity index is 1.78. The van der Waals surface area contributed by atoms with Crippen LogP contribution in [0.1, 0.15) is 32.1 Å². The van der Waals surface area contributed by atoms with Crippen LogP contribution in [0.2, 0.25) is 0 Å². The molecule has 0 aromatic rings. The van der Waals surface area contributed by atoms with Gasteiger partial charge in [0.2, 0.25) is 11.8 Å². The molecule has 2 saturated heterocycles. The number of carbonyl (C=O) groups excluding carboxylic acids is 2. The predicted octanol–water partition coefficient (Wildman–Crippen LogP) is 0.671. The SMILES string of the molecule is C=CCNC(=O)CN1CCC2(CCNC(=O)CC2)CC1. The molecule has 0 aromatic carbocycles. The molecule has 20 heavy (non-hydrogen) atoms. The predicted molar refractivity (Wildman–Crippen MR) is 78.2 cm³/mol. The van der Waals surface area contributed by atoms with E-state index in [0.29, 0.717) is 24.9 Å². The van der Waals surface area contributed by atoms with Gasteiger partial charge in [0.25, 0.3) is 0 Å². The van der Waals surface area contributed by atoms with E-state index in [2.05, 4.69) is 22.1 Å². The van der Waals surface area contributed by atoms with Crippen LogP contribution >= 0.6 is 0 Å². The van der Waals surface area contributed by atoms with E-state index in [0.717, 1.165) is 45.3 Å². The third-order valence-corrected chi connectivity index (χ3v) is 4.59. The lowest BCUT2D eigenvalue weighted by Gasteiger charge is -2.41. The van der Waals surface area contributed by atoms with Gasteiger partial charge in [-0.05, 0) is 44.2 Å². The third kappa shape index (κ3) is 4.07. The Labute approximate surface area is 120 Å². The van der Waals surface area contributed by atoms with Crippen molar-refractivity contribution in [3.05, 3.63) is 12.7 Å². The lowest BCUT2D eigenvalue weighted by molar-refractivity contribution is -0.122. The van der Waals surface area contributed by atoms with Gasteiger partial charge in [-0.15, -0.1) is 6.58 Å². The zero-order valence-corrected chi connectivity index (χ0v) is 12.1. The second-order valence-electron chi connectivity index (χ2n) is 5.97. The normalized spacial score (nSPS) is 22.9. The fraction of sp³-hybridized carbons (Fsp3) is 0.733. The molecule has 0 bridgehead atoms. The van der Waals surface area contributed by atoms with Crippen LogP contribution in [-0.2, 0) is 9.59 Å². The third-order valence-electron chi connectivity index (χ3n) is 4.59. The number of carbonyl (C=O) groups is 2. The first-order valence-corrected chi connectivity index (χ1v) is 7.50. The zero-order valence-electron chi connectivity index (χ0n) is 12.1. The molecule has 0 aromatic heterocycles. The highest BCUT2D eigenvalue weighted by atomic mass is 16.2. The van der Waals surface area contributed by atoms with Crippen LogP contribution in [0, 0.1) is 5.41 Å². The highest BCUT2D eigenvalue weighted by molar-refractivity contribution is 5.78. The Morgan fingerprint density at radius 2 is 2.10 bits per heavy atom. The van der Waals surface area contributed by atoms with Gasteiger partial charge >= 0.3 is 0 Å². The topological polar surface area (TPSA) is 61.4 Å². The van der Waals surface area contributed by atoms with Gasteiger partial charge in [-0.3, -0.25) is 14.5 Å². The molecule has 2 aliphatic heterocycles. The molecule has 1 spiro atoms. The molecule has 2 amide bonds. The number of amides is 2. The van der Waals surface area contributed by atoms with Gasteiger partial charge in [-0.25, -0.2) is 0 Å². The highest BCUT2D eigenvalue weighted by Gasteiger charge is 2.36. The van der Waals surface area contributed by atoms with Gasteiger partial charge in [-0.2, -0.15) is 0 Å². The van der Waals surface area contributed by atoms with Crippen LogP contribution in [0.5, 0.6) is 0 Å². The summed E-state index contributed by atoms with van der Waals surface area (Å²) in [6.45, 7) is 7.31. The summed E-state index contributed by atoms with van der Waals surface area (Å²) in [7, 11) is 0. The van der Waals surface area contributed by atoms with Crippen molar-refractivity contribution in [3.8, 4) is 0 Å². The van der Waals surface area contributed by atoms with Gasteiger partial charge < -0.3 is 10.6 Å². The number of hydrogen-bond acceptors (Lipinski definition) is 3. The summed E-state index contributed by atoms with van der Waals surface area (Å²) in [5.41, 5.74) is 0.313. The van der Waals surface area contributed by atoms with Crippen molar-refractivity contribution in [2.75, 3.05) is 32.7 Å². The van der Waals surface area contributed by atoms with Crippen molar-refractivity contribution in [1.29, 1.82) is 0 Å². The van der Waals surface area contributed by atoms with E-state index in [4.69, 9.17) is 0 Å². The summed E-state index contributed by atoms with van der Waals surface area (Å²) in [5, 5.41) is 5.77. The highest BCUT2D eigenvalue weighted by Crippen LogP contribution is 2.40. The molecule has 0 radical (unpaired) electrons. The zero-order chi connectivity index (χ0) is 14.4. The largest absolute Gasteiger partial charge is 0.356 e. The lowest BCUT2D eigenvalue weighted by atomic mass is 9.73. The molecule has 2 aliphatic rings. The minimum Gasteiger partial charge on any atom is -0.356 e. The van der Waals surface area contributed by atoms with E-state index in [9.17, 15) is 9.59 Å². The first-order chi connectivity index (χ1) is 9.63. The van der Waals surface area contributed by atoms with Crippen molar-refractivity contribution in [2.24, 2.45) is 5.41 Å². The quantitative estimate of drug-likeness (QED) is 0.744. The standard InChI is InChI=1S/C15H25N3O2/c1-2-8-16-14(20)12-18-10-6-15(7-11-18)4-3-13(19)17-9-5-15/h2H,1,3-12H2,(H,16,20)(H,17,19). The summed E-state index contributed by atoms with van der Waals surface area (Å²) in [6.07, 6.45) is 6.61. The monoisotopic (exact) mass is 279 g/mol. The van der Waals surface area contributed by atoms with Crippen molar-refractivity contribution >= 4 is 11.8 Å². The summed E-state index contributed by atoms with van der Waals surface area (Å²) < 4.78 is 0. The Kier molecular flexibility index (Phi) is 5.17. The maximum Gasteiger partial charge on any atom is 0.234 e. The molecule has 112 valence electrons. The molecular formula is C15H25N3O2. The number of likely N-dealkylation sites (tertiary alicyclic amines) is 1. The molecule has 0 saturated carbocycles. The molecule has 0 aliphatic carbocycles. The maximum absolute atomic E-state index is 11.7. The van der Waals surface area contributed by atoms with Crippen molar-refractivity contribution < 1.29 is 9.59 Å². The Morgan fingerprint density at radius 1 is 1.35 bits per heavy atom. The first-order valence-electron chi connectivity index (χ1n) is 7.50. The van der Waals surface area contributed by atoms with Crippen molar-refractivity contribution in [3.63, 3.8) is 0 Å². The Morgan fingerprint density at radius 3 is 2.80 bits per heavy atom. The van der Waals surface area contributed by atoms with Crippen LogP contribution in [0.15, 0.2) is 12.7 Å². The van der Waals surface area contributed by atoms with Gasteiger partial charge in [0.05, 0.1) is 6.54 Å². The second kappa shape index (κ2) is 6.88. The summed E-state index contributed by atoms with van der Waals surface area (Å²) in [4.78, 5) is 25.3. The average molecular weight is 279 g/mol. The minimum atomic E-state index is 0.0681. The Bertz CT molecular complexity index is 373. The summed E-state index contributed by atoms with van der Waals surface area (Å²) in [5.74, 6) is 0.256. The fourth-order valence-corrected chi connectivity index (χ4v) is 3.19. The van der Waals surface area contributed by atoms with Crippen LogP contribution in [0.25, 0.3) is 0 Å². The molecule has 2 heterocycles. The second-order valence-corrected chi connectivity index (χ2v) is 5.97. The van der Waals surface area contributed by atoms with Crippen LogP contribution in [0.4, 0.5) is 0 Å². The molecule has 0 unspecified atom stereocenters. The van der Waals surface area contributed by atoms with Gasteiger partial charge in [-0.1, -0.05) is 6.08 Å². The number of hydrogen-bond donors (Lipinski definition) is 2. The first kappa shape index (κ1) is 15.0. The van der Waals surface area contributed by atoms with E-state index in [-0.39, 0.29) is 11.8 Å². The number of rotatable bonds is 4. The summed E-state index contributed by atoms with van der Waals surface area (Å²) in [6, 6.07) is 0. The molecule has 5 nitrogen and oxygen atoms in total. The van der Waals surface area contributed by atoms with Crippen molar-refractivity contribution in [1.82, 2.24) is 15.5 Å². The lowest BCUT2D eigenvalue weighted by Crippen LogP contribution is -2.45. The molecule has 2 N–H and O–H groups in total. The fourth-order valence-electron chi connectivity index (χ4n) is 3.19. The van der Waals surface area contributed by atoms with E-state index in [1.54, 1.807) is 6.08 Å². The maximum atomic E-state index is 11.7. The number of nitrogens with zero attached hydrogens (tertiary/aromatic N) is 1. The van der Waals surface area contributed by atoms with E-state index < -0.39 is 0 Å². The minimum absolute atomic E-state index is 0.0681. The van der Waals surface area contributed by atoms with Crippen LogP contribution in [0.3, 0.4) is 0 Å². The number of piperidine rings is 1. The van der Waals surface area contributed by atoms with E-state index in [1.807, 2.05) is 0 Å². The van der Waals surface area contributed by atoms with E-state index >= 15 is 0 Å². The number of nitrogens with one attached hydrogen (secondary N) is 2. The molecule has 2 rings (SSSR count). The van der Waals surface area contributed by atoms with Crippen LogP contribution in [-0.4, -0.2) is 49.4 Å². The molecule has 0 atom stereocenters. The Hall–Kier alpha value is -1.36. The average Bonchev–Trinajstić information content (AvgIpc) is 2.62. The smallest absolute Gasteiger partial charge is 0.234 e. The molecule has 2 fully saturated rings.